The summed E-state index contributed by atoms with van der Waals surface area (Å²) in [6.45, 7) is 2.11. The lowest BCUT2D eigenvalue weighted by Crippen LogP contribution is -3.00. The van der Waals surface area contributed by atoms with Crippen LogP contribution in [0.2, 0.25) is 0 Å². The van der Waals surface area contributed by atoms with Crippen molar-refractivity contribution in [1.82, 2.24) is 0 Å². The molecule has 80 valence electrons. The summed E-state index contributed by atoms with van der Waals surface area (Å²) in [7, 11) is 0. The molecule has 0 aliphatic carbocycles. The van der Waals surface area contributed by atoms with E-state index in [9.17, 15) is 5.11 Å². The molecule has 0 saturated carbocycles. The van der Waals surface area contributed by atoms with Crippen LogP contribution in [-0.4, -0.2) is 11.1 Å². The van der Waals surface area contributed by atoms with Crippen molar-refractivity contribution in [1.29, 1.82) is 0 Å². The van der Waals surface area contributed by atoms with Gasteiger partial charge in [-0.3, -0.25) is 0 Å². The molecule has 0 radical (unpaired) electrons. The molecule has 3 heteroatoms. The molecule has 0 amide bonds. The number of aliphatic hydroxyl groups is 1. The number of benzene rings is 1. The van der Waals surface area contributed by atoms with E-state index >= 15 is 0 Å². The normalized spacial score (nSPS) is 14.2. The highest BCUT2D eigenvalue weighted by atomic mass is 35.5. The van der Waals surface area contributed by atoms with E-state index < -0.39 is 6.10 Å². The van der Waals surface area contributed by atoms with E-state index in [4.69, 9.17) is 0 Å². The van der Waals surface area contributed by atoms with Gasteiger partial charge in [0.1, 0.15) is 12.1 Å². The SMILES string of the molecule is CCC[C@H]([NH3+])[C@H](O)c1ccccc1.[Cl-]. The molecule has 0 bridgehead atoms. The first-order chi connectivity index (χ1) is 6.25. The zero-order valence-corrected chi connectivity index (χ0v) is 9.24. The quantitative estimate of drug-likeness (QED) is 0.608. The first-order valence-corrected chi connectivity index (χ1v) is 4.81. The lowest BCUT2D eigenvalue weighted by Gasteiger charge is -2.15. The van der Waals surface area contributed by atoms with Gasteiger partial charge in [0.2, 0.25) is 0 Å². The molecule has 1 aromatic rings. The number of hydrogen-bond donors (Lipinski definition) is 2. The lowest BCUT2D eigenvalue weighted by atomic mass is 10.00. The largest absolute Gasteiger partial charge is 1.00 e. The summed E-state index contributed by atoms with van der Waals surface area (Å²) in [4.78, 5) is 0. The van der Waals surface area contributed by atoms with Gasteiger partial charge in [0.15, 0.2) is 0 Å². The molecule has 0 unspecified atom stereocenters. The fraction of sp³-hybridized carbons (Fsp3) is 0.455. The van der Waals surface area contributed by atoms with Gasteiger partial charge in [-0.25, -0.2) is 0 Å². The van der Waals surface area contributed by atoms with Crippen molar-refractivity contribution < 1.29 is 23.2 Å². The standard InChI is InChI=1S/C11H17NO.ClH/c1-2-6-10(12)11(13)9-7-4-3-5-8-9;/h3-5,7-8,10-11,13H,2,6,12H2,1H3;1H/t10-,11+;/m0./s1. The van der Waals surface area contributed by atoms with Crippen molar-refractivity contribution in [3.63, 3.8) is 0 Å². The second-order valence-electron chi connectivity index (χ2n) is 3.40. The highest BCUT2D eigenvalue weighted by Crippen LogP contribution is 2.16. The molecule has 0 saturated heterocycles. The number of hydrogen-bond acceptors (Lipinski definition) is 1. The minimum Gasteiger partial charge on any atom is -1.00 e. The Kier molecular flexibility index (Phi) is 6.54. The summed E-state index contributed by atoms with van der Waals surface area (Å²) < 4.78 is 0. The molecule has 1 rings (SSSR count). The van der Waals surface area contributed by atoms with E-state index in [1.807, 2.05) is 30.3 Å². The van der Waals surface area contributed by atoms with Crippen molar-refractivity contribution in [2.45, 2.75) is 31.9 Å². The van der Waals surface area contributed by atoms with E-state index in [-0.39, 0.29) is 18.4 Å². The summed E-state index contributed by atoms with van der Waals surface area (Å²) in [5.41, 5.74) is 4.92. The molecular formula is C11H18ClNO. The summed E-state index contributed by atoms with van der Waals surface area (Å²) in [6.07, 6.45) is 1.62. The third-order valence-corrected chi connectivity index (χ3v) is 2.25. The van der Waals surface area contributed by atoms with Crippen molar-refractivity contribution in [3.8, 4) is 0 Å². The van der Waals surface area contributed by atoms with Crippen LogP contribution in [0.1, 0.15) is 31.4 Å². The van der Waals surface area contributed by atoms with E-state index in [1.165, 1.54) is 0 Å². The van der Waals surface area contributed by atoms with E-state index in [2.05, 4.69) is 12.7 Å². The van der Waals surface area contributed by atoms with Gasteiger partial charge < -0.3 is 23.2 Å². The van der Waals surface area contributed by atoms with Crippen LogP contribution >= 0.6 is 0 Å². The second-order valence-corrected chi connectivity index (χ2v) is 3.40. The zero-order valence-electron chi connectivity index (χ0n) is 8.49. The molecule has 0 aliphatic rings. The second kappa shape index (κ2) is 6.82. The maximum Gasteiger partial charge on any atom is 0.130 e. The summed E-state index contributed by atoms with van der Waals surface area (Å²) >= 11 is 0. The smallest absolute Gasteiger partial charge is 0.130 e. The Morgan fingerprint density at radius 2 is 1.86 bits per heavy atom. The fourth-order valence-electron chi connectivity index (χ4n) is 1.45. The van der Waals surface area contributed by atoms with E-state index in [1.54, 1.807) is 0 Å². The van der Waals surface area contributed by atoms with Gasteiger partial charge in [0.05, 0.1) is 0 Å². The highest BCUT2D eigenvalue weighted by Gasteiger charge is 2.18. The highest BCUT2D eigenvalue weighted by molar-refractivity contribution is 5.17. The van der Waals surface area contributed by atoms with Crippen molar-refractivity contribution in [2.75, 3.05) is 0 Å². The van der Waals surface area contributed by atoms with E-state index in [0.29, 0.717) is 0 Å². The third kappa shape index (κ3) is 3.66. The Hall–Kier alpha value is -0.570. The van der Waals surface area contributed by atoms with Crippen LogP contribution in [-0.2, 0) is 0 Å². The predicted octanol–water partition coefficient (Wildman–Crippen LogP) is -1.87. The number of halogens is 1. The first-order valence-electron chi connectivity index (χ1n) is 4.81. The molecule has 4 N–H and O–H groups in total. The number of quaternary nitrogens is 1. The molecule has 0 spiro atoms. The molecule has 0 aromatic heterocycles. The maximum atomic E-state index is 9.86. The van der Waals surface area contributed by atoms with Gasteiger partial charge >= 0.3 is 0 Å². The molecular weight excluding hydrogens is 198 g/mol. The molecule has 0 fully saturated rings. The Bertz CT molecular complexity index is 240. The van der Waals surface area contributed by atoms with Gasteiger partial charge in [0.25, 0.3) is 0 Å². The number of rotatable bonds is 4. The minimum absolute atomic E-state index is 0. The Morgan fingerprint density at radius 3 is 2.36 bits per heavy atom. The van der Waals surface area contributed by atoms with Gasteiger partial charge in [0, 0.05) is 6.42 Å². The van der Waals surface area contributed by atoms with Crippen molar-refractivity contribution >= 4 is 0 Å². The third-order valence-electron chi connectivity index (χ3n) is 2.25. The van der Waals surface area contributed by atoms with E-state index in [0.717, 1.165) is 18.4 Å². The Balaban J connectivity index is 0.00000169. The van der Waals surface area contributed by atoms with Crippen molar-refractivity contribution in [3.05, 3.63) is 35.9 Å². The van der Waals surface area contributed by atoms with Crippen LogP contribution in [0.5, 0.6) is 0 Å². The van der Waals surface area contributed by atoms with Gasteiger partial charge in [-0.05, 0) is 5.56 Å². The van der Waals surface area contributed by atoms with Crippen LogP contribution in [0.4, 0.5) is 0 Å². The minimum atomic E-state index is -0.416. The van der Waals surface area contributed by atoms with Crippen LogP contribution < -0.4 is 18.1 Å². The summed E-state index contributed by atoms with van der Waals surface area (Å²) in [6, 6.07) is 9.83. The molecule has 14 heavy (non-hydrogen) atoms. The van der Waals surface area contributed by atoms with Gasteiger partial charge in [-0.2, -0.15) is 0 Å². The summed E-state index contributed by atoms with van der Waals surface area (Å²) in [5.74, 6) is 0. The van der Waals surface area contributed by atoms with Gasteiger partial charge in [-0.15, -0.1) is 0 Å². The molecule has 2 nitrogen and oxygen atoms in total. The first kappa shape index (κ1) is 13.4. The average molecular weight is 216 g/mol. The number of aliphatic hydroxyl groups excluding tert-OH is 1. The zero-order chi connectivity index (χ0) is 9.68. The topological polar surface area (TPSA) is 47.9 Å². The molecule has 0 heterocycles. The maximum absolute atomic E-state index is 9.86. The van der Waals surface area contributed by atoms with Crippen LogP contribution in [0.15, 0.2) is 30.3 Å². The van der Waals surface area contributed by atoms with Crippen LogP contribution in [0, 0.1) is 0 Å². The Morgan fingerprint density at radius 1 is 1.29 bits per heavy atom. The predicted molar refractivity (Wildman–Crippen MR) is 53.0 cm³/mol. The summed E-state index contributed by atoms with van der Waals surface area (Å²) in [5, 5.41) is 9.86. The fourth-order valence-corrected chi connectivity index (χ4v) is 1.45. The molecule has 0 aliphatic heterocycles. The van der Waals surface area contributed by atoms with Crippen LogP contribution in [0.25, 0.3) is 0 Å². The monoisotopic (exact) mass is 215 g/mol. The van der Waals surface area contributed by atoms with Crippen LogP contribution in [0.3, 0.4) is 0 Å². The Labute approximate surface area is 91.5 Å². The van der Waals surface area contributed by atoms with Crippen molar-refractivity contribution in [2.24, 2.45) is 0 Å². The van der Waals surface area contributed by atoms with Gasteiger partial charge in [-0.1, -0.05) is 43.7 Å². The molecule has 2 atom stereocenters. The average Bonchev–Trinajstić information content (AvgIpc) is 2.18. The molecule has 1 aromatic carbocycles. The lowest BCUT2D eigenvalue weighted by molar-refractivity contribution is -0.440.